The van der Waals surface area contributed by atoms with Crippen LogP contribution < -0.4 is 5.32 Å². The third kappa shape index (κ3) is 7.10. The highest BCUT2D eigenvalue weighted by Crippen LogP contribution is 2.37. The maximum absolute atomic E-state index is 5.04. The van der Waals surface area contributed by atoms with Crippen molar-refractivity contribution in [3.63, 3.8) is 0 Å². The van der Waals surface area contributed by atoms with Gasteiger partial charge in [-0.05, 0) is 25.0 Å². The number of aryl methyl sites for hydroxylation is 2. The molecule has 31 heavy (non-hydrogen) atoms. The van der Waals surface area contributed by atoms with Crippen LogP contribution in [0.15, 0.2) is 83.9 Å². The van der Waals surface area contributed by atoms with Gasteiger partial charge in [-0.2, -0.15) is 0 Å². The summed E-state index contributed by atoms with van der Waals surface area (Å²) in [6, 6.07) is 28.1. The summed E-state index contributed by atoms with van der Waals surface area (Å²) in [4.78, 5) is 5.04. The van der Waals surface area contributed by atoms with Crippen LogP contribution in [0.1, 0.15) is 81.4 Å². The van der Waals surface area contributed by atoms with Crippen LogP contribution in [0.4, 0.5) is 0 Å². The fraction of sp³-hybridized carbons (Fsp3) is 0.345. The van der Waals surface area contributed by atoms with E-state index in [9.17, 15) is 0 Å². The first-order valence-electron chi connectivity index (χ1n) is 11.7. The molecule has 0 spiro atoms. The molecule has 3 aromatic carbocycles. The number of hydrogen-bond donors (Lipinski definition) is 1. The first kappa shape index (κ1) is 26.2. The number of benzene rings is 3. The Morgan fingerprint density at radius 3 is 1.52 bits per heavy atom. The van der Waals surface area contributed by atoms with Crippen molar-refractivity contribution in [2.75, 3.05) is 0 Å². The Hall–Kier alpha value is -2.87. The van der Waals surface area contributed by atoms with Gasteiger partial charge in [-0.3, -0.25) is 4.99 Å². The van der Waals surface area contributed by atoms with Crippen LogP contribution in [0.5, 0.6) is 0 Å². The SMILES string of the molecule is CC.CC.CC.Cc1ccc([C@H]2N=C(c3ccccc3)N[C@H]2c2ccc(C)cc2)cc1. The van der Waals surface area contributed by atoms with Crippen molar-refractivity contribution < 1.29 is 0 Å². The summed E-state index contributed by atoms with van der Waals surface area (Å²) in [5.74, 6) is 0.969. The summed E-state index contributed by atoms with van der Waals surface area (Å²) in [6.07, 6.45) is 0. The molecule has 166 valence electrons. The lowest BCUT2D eigenvalue weighted by molar-refractivity contribution is 0.572. The molecule has 0 fully saturated rings. The van der Waals surface area contributed by atoms with E-state index in [0.717, 1.165) is 11.4 Å². The lowest BCUT2D eigenvalue weighted by Crippen LogP contribution is -2.25. The highest BCUT2D eigenvalue weighted by Gasteiger charge is 2.31. The Bertz CT molecular complexity index is 878. The summed E-state index contributed by atoms with van der Waals surface area (Å²) in [5.41, 5.74) is 6.20. The summed E-state index contributed by atoms with van der Waals surface area (Å²) < 4.78 is 0. The zero-order valence-electron chi connectivity index (χ0n) is 20.6. The lowest BCUT2D eigenvalue weighted by atomic mass is 9.94. The fourth-order valence-electron chi connectivity index (χ4n) is 3.30. The van der Waals surface area contributed by atoms with E-state index in [1.165, 1.54) is 22.3 Å². The van der Waals surface area contributed by atoms with E-state index < -0.39 is 0 Å². The Balaban J connectivity index is 0.000000739. The second-order valence-electron chi connectivity index (χ2n) is 6.73. The van der Waals surface area contributed by atoms with Crippen molar-refractivity contribution in [1.82, 2.24) is 5.32 Å². The van der Waals surface area contributed by atoms with Crippen LogP contribution in [0.3, 0.4) is 0 Å². The maximum Gasteiger partial charge on any atom is 0.129 e. The van der Waals surface area contributed by atoms with Crippen molar-refractivity contribution in [2.45, 2.75) is 67.5 Å². The molecule has 2 nitrogen and oxygen atoms in total. The van der Waals surface area contributed by atoms with Crippen LogP contribution in [-0.2, 0) is 0 Å². The number of amidine groups is 1. The van der Waals surface area contributed by atoms with Crippen molar-refractivity contribution in [3.05, 3.63) is 107 Å². The minimum absolute atomic E-state index is 0.0820. The van der Waals surface area contributed by atoms with Gasteiger partial charge in [-0.25, -0.2) is 0 Å². The lowest BCUT2D eigenvalue weighted by Gasteiger charge is -2.20. The van der Waals surface area contributed by atoms with E-state index >= 15 is 0 Å². The third-order valence-corrected chi connectivity index (χ3v) is 4.78. The number of rotatable bonds is 3. The molecule has 2 heteroatoms. The Kier molecular flexibility index (Phi) is 12.0. The molecule has 1 aliphatic rings. The molecule has 1 N–H and O–H groups in total. The van der Waals surface area contributed by atoms with Gasteiger partial charge < -0.3 is 5.32 Å². The summed E-state index contributed by atoms with van der Waals surface area (Å²) in [5, 5.41) is 3.66. The van der Waals surface area contributed by atoms with E-state index in [-0.39, 0.29) is 12.1 Å². The molecular weight excluding hydrogens is 376 g/mol. The molecule has 0 bridgehead atoms. The molecule has 0 amide bonds. The Morgan fingerprint density at radius 1 is 0.581 bits per heavy atom. The summed E-state index contributed by atoms with van der Waals surface area (Å²) >= 11 is 0. The maximum atomic E-state index is 5.04. The van der Waals surface area contributed by atoms with Gasteiger partial charge >= 0.3 is 0 Å². The predicted molar refractivity (Wildman–Crippen MR) is 138 cm³/mol. The molecule has 0 saturated carbocycles. The van der Waals surface area contributed by atoms with Gasteiger partial charge in [0, 0.05) is 5.56 Å². The summed E-state index contributed by atoms with van der Waals surface area (Å²) in [6.45, 7) is 16.2. The quantitative estimate of drug-likeness (QED) is 0.457. The second kappa shape index (κ2) is 14.2. The van der Waals surface area contributed by atoms with E-state index in [1.807, 2.05) is 47.6 Å². The average Bonchev–Trinajstić information content (AvgIpc) is 3.30. The Morgan fingerprint density at radius 2 is 1.03 bits per heavy atom. The van der Waals surface area contributed by atoms with Gasteiger partial charge in [0.25, 0.3) is 0 Å². The predicted octanol–water partition coefficient (Wildman–Crippen LogP) is 8.21. The standard InChI is InChI=1S/C23H22N2.3C2H6/c1-16-8-12-18(13-9-16)21-22(19-14-10-17(2)11-15-19)25-23(24-21)20-6-4-3-5-7-20;3*1-2/h3-15,21-22H,1-2H3,(H,24,25);3*1-2H3/t21-,22+;;;. The molecule has 1 heterocycles. The van der Waals surface area contributed by atoms with E-state index in [2.05, 4.69) is 92.0 Å². The van der Waals surface area contributed by atoms with Crippen LogP contribution in [0, 0.1) is 13.8 Å². The molecule has 1 aliphatic heterocycles. The van der Waals surface area contributed by atoms with Gasteiger partial charge in [-0.15, -0.1) is 0 Å². The molecule has 0 saturated heterocycles. The van der Waals surface area contributed by atoms with Gasteiger partial charge in [0.05, 0.1) is 6.04 Å². The molecule has 2 atom stereocenters. The van der Waals surface area contributed by atoms with Gasteiger partial charge in [0.15, 0.2) is 0 Å². The van der Waals surface area contributed by atoms with Crippen LogP contribution in [0.2, 0.25) is 0 Å². The molecule has 0 aromatic heterocycles. The molecule has 0 unspecified atom stereocenters. The van der Waals surface area contributed by atoms with Gasteiger partial charge in [-0.1, -0.05) is 132 Å². The number of nitrogens with zero attached hydrogens (tertiary/aromatic N) is 1. The first-order valence-corrected chi connectivity index (χ1v) is 11.7. The first-order chi connectivity index (χ1) is 15.2. The molecule has 0 radical (unpaired) electrons. The van der Waals surface area contributed by atoms with Crippen LogP contribution in [-0.4, -0.2) is 5.84 Å². The molecular formula is C29H40N2. The van der Waals surface area contributed by atoms with Crippen molar-refractivity contribution in [1.29, 1.82) is 0 Å². The van der Waals surface area contributed by atoms with Crippen molar-refractivity contribution >= 4 is 5.84 Å². The van der Waals surface area contributed by atoms with Crippen LogP contribution >= 0.6 is 0 Å². The normalized spacial score (nSPS) is 16.2. The summed E-state index contributed by atoms with van der Waals surface area (Å²) in [7, 11) is 0. The minimum Gasteiger partial charge on any atom is -0.361 e. The number of hydrogen-bond acceptors (Lipinski definition) is 2. The zero-order valence-corrected chi connectivity index (χ0v) is 20.6. The zero-order chi connectivity index (χ0) is 23.2. The van der Waals surface area contributed by atoms with Crippen molar-refractivity contribution in [3.8, 4) is 0 Å². The highest BCUT2D eigenvalue weighted by molar-refractivity contribution is 6.00. The third-order valence-electron chi connectivity index (χ3n) is 4.78. The molecule has 0 aliphatic carbocycles. The van der Waals surface area contributed by atoms with E-state index in [1.54, 1.807) is 0 Å². The van der Waals surface area contributed by atoms with Crippen molar-refractivity contribution in [2.24, 2.45) is 4.99 Å². The number of nitrogens with one attached hydrogen (secondary N) is 1. The minimum atomic E-state index is 0.0820. The fourth-order valence-corrected chi connectivity index (χ4v) is 3.30. The monoisotopic (exact) mass is 416 g/mol. The number of aliphatic imine (C=N–C) groups is 1. The van der Waals surface area contributed by atoms with Crippen LogP contribution in [0.25, 0.3) is 0 Å². The van der Waals surface area contributed by atoms with Gasteiger partial charge in [0.2, 0.25) is 0 Å². The van der Waals surface area contributed by atoms with E-state index in [0.29, 0.717) is 0 Å². The molecule has 4 rings (SSSR count). The molecule has 3 aromatic rings. The topological polar surface area (TPSA) is 24.4 Å². The van der Waals surface area contributed by atoms with E-state index in [4.69, 9.17) is 4.99 Å². The second-order valence-corrected chi connectivity index (χ2v) is 6.73. The smallest absolute Gasteiger partial charge is 0.129 e. The highest BCUT2D eigenvalue weighted by atomic mass is 15.1. The van der Waals surface area contributed by atoms with Gasteiger partial charge in [0.1, 0.15) is 11.9 Å². The average molecular weight is 417 g/mol. The largest absolute Gasteiger partial charge is 0.361 e. The Labute approximate surface area is 190 Å².